The van der Waals surface area contributed by atoms with Gasteiger partial charge in [-0.3, -0.25) is 19.6 Å². The normalized spacial score (nSPS) is 11.6. The molecule has 112 valence electrons. The second kappa shape index (κ2) is 5.16. The topological polar surface area (TPSA) is 87.3 Å². The summed E-state index contributed by atoms with van der Waals surface area (Å²) in [6, 6.07) is 4.45. The fraction of sp³-hybridized carbons (Fsp3) is 0.429. The zero-order chi connectivity index (χ0) is 15.8. The molecular formula is C14H17N3O4. The summed E-state index contributed by atoms with van der Waals surface area (Å²) in [6.07, 6.45) is 0. The number of non-ortho nitro benzene ring substituents is 1. The summed E-state index contributed by atoms with van der Waals surface area (Å²) in [7, 11) is 0. The second-order valence-electron chi connectivity index (χ2n) is 5.79. The molecule has 2 rings (SSSR count). The van der Waals surface area contributed by atoms with Crippen LogP contribution in [0.5, 0.6) is 0 Å². The number of nitro benzene ring substituents is 1. The maximum Gasteiger partial charge on any atom is 0.328 e. The molecule has 7 heteroatoms. The van der Waals surface area contributed by atoms with E-state index in [4.69, 9.17) is 4.74 Å². The Labute approximate surface area is 121 Å². The molecule has 7 nitrogen and oxygen atoms in total. The number of carbonyl (C=O) groups is 1. The standard InChI is InChI=1S/C14H17N3O4/c1-9-11-7-10(17(19)20)5-6-12(11)16(15-9)8-13(18)21-14(2,3)4/h5-7H,8H2,1-4H3. The number of ether oxygens (including phenoxy) is 1. The van der Waals surface area contributed by atoms with Crippen molar-refractivity contribution in [2.75, 3.05) is 0 Å². The molecular weight excluding hydrogens is 274 g/mol. The fourth-order valence-corrected chi connectivity index (χ4v) is 2.06. The maximum absolute atomic E-state index is 11.9. The average molecular weight is 291 g/mol. The van der Waals surface area contributed by atoms with Crippen LogP contribution in [0.15, 0.2) is 18.2 Å². The third-order valence-corrected chi connectivity index (χ3v) is 2.83. The molecule has 0 unspecified atom stereocenters. The molecule has 0 N–H and O–H groups in total. The van der Waals surface area contributed by atoms with E-state index in [1.165, 1.54) is 16.8 Å². The van der Waals surface area contributed by atoms with Crippen LogP contribution < -0.4 is 0 Å². The Morgan fingerprint density at radius 2 is 2.10 bits per heavy atom. The van der Waals surface area contributed by atoms with Crippen molar-refractivity contribution in [2.24, 2.45) is 0 Å². The van der Waals surface area contributed by atoms with Gasteiger partial charge in [0.15, 0.2) is 0 Å². The lowest BCUT2D eigenvalue weighted by Crippen LogP contribution is -2.26. The maximum atomic E-state index is 11.9. The second-order valence-corrected chi connectivity index (χ2v) is 5.79. The van der Waals surface area contributed by atoms with Crippen LogP contribution in [0.3, 0.4) is 0 Å². The minimum absolute atomic E-state index is 0.00224. The molecule has 1 aromatic carbocycles. The summed E-state index contributed by atoms with van der Waals surface area (Å²) in [4.78, 5) is 22.2. The van der Waals surface area contributed by atoms with Crippen molar-refractivity contribution >= 4 is 22.6 Å². The SMILES string of the molecule is Cc1nn(CC(=O)OC(C)(C)C)c2ccc([N+](=O)[O-])cc12. The van der Waals surface area contributed by atoms with Crippen molar-refractivity contribution in [3.05, 3.63) is 34.0 Å². The van der Waals surface area contributed by atoms with E-state index in [0.717, 1.165) is 0 Å². The molecule has 0 fully saturated rings. The Kier molecular flexibility index (Phi) is 3.67. The smallest absolute Gasteiger partial charge is 0.328 e. The summed E-state index contributed by atoms with van der Waals surface area (Å²) in [6.45, 7) is 7.10. The van der Waals surface area contributed by atoms with Gasteiger partial charge in [0.25, 0.3) is 5.69 Å². The Bertz CT molecular complexity index is 713. The van der Waals surface area contributed by atoms with E-state index in [0.29, 0.717) is 16.6 Å². The molecule has 0 amide bonds. The summed E-state index contributed by atoms with van der Waals surface area (Å²) >= 11 is 0. The van der Waals surface area contributed by atoms with E-state index in [-0.39, 0.29) is 12.2 Å². The number of nitrogens with zero attached hydrogens (tertiary/aromatic N) is 3. The molecule has 21 heavy (non-hydrogen) atoms. The molecule has 2 aromatic rings. The molecule has 0 atom stereocenters. The van der Waals surface area contributed by atoms with Crippen molar-refractivity contribution in [3.8, 4) is 0 Å². The van der Waals surface area contributed by atoms with Crippen LogP contribution in [0, 0.1) is 17.0 Å². The number of aryl methyl sites for hydroxylation is 1. The van der Waals surface area contributed by atoms with Crippen LogP contribution >= 0.6 is 0 Å². The van der Waals surface area contributed by atoms with Crippen LogP contribution in [-0.2, 0) is 16.1 Å². The van der Waals surface area contributed by atoms with Gasteiger partial charge in [-0.2, -0.15) is 5.10 Å². The molecule has 1 heterocycles. The van der Waals surface area contributed by atoms with E-state index in [9.17, 15) is 14.9 Å². The number of hydrogen-bond acceptors (Lipinski definition) is 5. The van der Waals surface area contributed by atoms with Crippen LogP contribution in [0.1, 0.15) is 26.5 Å². The molecule has 0 spiro atoms. The van der Waals surface area contributed by atoms with E-state index in [1.807, 2.05) is 0 Å². The quantitative estimate of drug-likeness (QED) is 0.493. The number of rotatable bonds is 3. The van der Waals surface area contributed by atoms with Gasteiger partial charge >= 0.3 is 5.97 Å². The molecule has 0 aliphatic heterocycles. The number of aromatic nitrogens is 2. The Balaban J connectivity index is 2.34. The highest BCUT2D eigenvalue weighted by atomic mass is 16.6. The van der Waals surface area contributed by atoms with Crippen molar-refractivity contribution in [2.45, 2.75) is 39.8 Å². The van der Waals surface area contributed by atoms with Crippen LogP contribution in [0.25, 0.3) is 10.9 Å². The lowest BCUT2D eigenvalue weighted by molar-refractivity contribution is -0.384. The number of benzene rings is 1. The lowest BCUT2D eigenvalue weighted by atomic mass is 10.2. The largest absolute Gasteiger partial charge is 0.459 e. The summed E-state index contributed by atoms with van der Waals surface area (Å²) < 4.78 is 6.76. The van der Waals surface area contributed by atoms with Gasteiger partial charge in [-0.25, -0.2) is 0 Å². The van der Waals surface area contributed by atoms with Gasteiger partial charge in [0.05, 0.1) is 16.1 Å². The minimum atomic E-state index is -0.562. The third kappa shape index (κ3) is 3.36. The molecule has 0 aliphatic rings. The van der Waals surface area contributed by atoms with Gasteiger partial charge in [0, 0.05) is 17.5 Å². The summed E-state index contributed by atoms with van der Waals surface area (Å²) in [5.74, 6) is -0.398. The average Bonchev–Trinajstić information content (AvgIpc) is 2.63. The van der Waals surface area contributed by atoms with Gasteiger partial charge in [-0.15, -0.1) is 0 Å². The highest BCUT2D eigenvalue weighted by molar-refractivity contribution is 5.85. The van der Waals surface area contributed by atoms with Gasteiger partial charge in [0.1, 0.15) is 12.1 Å². The first kappa shape index (κ1) is 15.0. The fourth-order valence-electron chi connectivity index (χ4n) is 2.06. The van der Waals surface area contributed by atoms with E-state index in [1.54, 1.807) is 33.8 Å². The molecule has 1 aromatic heterocycles. The zero-order valence-corrected chi connectivity index (χ0v) is 12.4. The van der Waals surface area contributed by atoms with Crippen LogP contribution in [0.4, 0.5) is 5.69 Å². The molecule has 0 bridgehead atoms. The molecule has 0 saturated carbocycles. The summed E-state index contributed by atoms with van der Waals surface area (Å²) in [5.41, 5.74) is 0.747. The van der Waals surface area contributed by atoms with Crippen molar-refractivity contribution in [1.29, 1.82) is 0 Å². The third-order valence-electron chi connectivity index (χ3n) is 2.83. The Morgan fingerprint density at radius 1 is 1.43 bits per heavy atom. The zero-order valence-electron chi connectivity index (χ0n) is 12.4. The monoisotopic (exact) mass is 291 g/mol. The van der Waals surface area contributed by atoms with Crippen molar-refractivity contribution < 1.29 is 14.5 Å². The first-order valence-corrected chi connectivity index (χ1v) is 6.51. The number of carbonyl (C=O) groups excluding carboxylic acids is 1. The number of esters is 1. The molecule has 0 radical (unpaired) electrons. The highest BCUT2D eigenvalue weighted by Crippen LogP contribution is 2.23. The lowest BCUT2D eigenvalue weighted by Gasteiger charge is -2.19. The minimum Gasteiger partial charge on any atom is -0.459 e. The van der Waals surface area contributed by atoms with Crippen LogP contribution in [-0.4, -0.2) is 26.3 Å². The molecule has 0 aliphatic carbocycles. The number of fused-ring (bicyclic) bond motifs is 1. The van der Waals surface area contributed by atoms with Gasteiger partial charge in [0.2, 0.25) is 0 Å². The highest BCUT2D eigenvalue weighted by Gasteiger charge is 2.19. The van der Waals surface area contributed by atoms with E-state index >= 15 is 0 Å². The predicted octanol–water partition coefficient (Wildman–Crippen LogP) is 2.59. The number of hydrogen-bond donors (Lipinski definition) is 0. The van der Waals surface area contributed by atoms with Gasteiger partial charge in [-0.05, 0) is 33.8 Å². The van der Waals surface area contributed by atoms with E-state index < -0.39 is 16.5 Å². The van der Waals surface area contributed by atoms with Gasteiger partial charge < -0.3 is 4.74 Å². The van der Waals surface area contributed by atoms with Gasteiger partial charge in [-0.1, -0.05) is 0 Å². The Morgan fingerprint density at radius 3 is 2.67 bits per heavy atom. The van der Waals surface area contributed by atoms with Crippen molar-refractivity contribution in [1.82, 2.24) is 9.78 Å². The predicted molar refractivity (Wildman–Crippen MR) is 77.0 cm³/mol. The van der Waals surface area contributed by atoms with Crippen LogP contribution in [0.2, 0.25) is 0 Å². The Hall–Kier alpha value is -2.44. The first-order valence-electron chi connectivity index (χ1n) is 6.51. The number of nitro groups is 1. The first-order chi connectivity index (χ1) is 9.67. The summed E-state index contributed by atoms with van der Waals surface area (Å²) in [5, 5.41) is 15.7. The van der Waals surface area contributed by atoms with E-state index in [2.05, 4.69) is 5.10 Å². The van der Waals surface area contributed by atoms with Crippen molar-refractivity contribution in [3.63, 3.8) is 0 Å². The molecule has 0 saturated heterocycles.